The van der Waals surface area contributed by atoms with Gasteiger partial charge in [-0.25, -0.2) is 0 Å². The van der Waals surface area contributed by atoms with Gasteiger partial charge in [0.2, 0.25) is 0 Å². The van der Waals surface area contributed by atoms with E-state index < -0.39 is 10.2 Å². The van der Waals surface area contributed by atoms with E-state index in [1.807, 2.05) is 18.2 Å². The summed E-state index contributed by atoms with van der Waals surface area (Å²) in [7, 11) is -1.72. The standard InChI is InChI=1S/C18H29N3O3S/c1-19(25(22,23)21-10-6-2-3-7-11-21)16-17-8-4-5-9-18(17)20-12-14-24-15-13-20/h4-5,8-9H,2-3,6-7,10-16H2,1H3. The van der Waals surface area contributed by atoms with Crippen LogP contribution < -0.4 is 4.90 Å². The SMILES string of the molecule is CN(Cc1ccccc1N1CCOCC1)S(=O)(=O)N1CCCCCC1. The first-order valence-electron chi connectivity index (χ1n) is 9.21. The molecule has 0 aromatic heterocycles. The summed E-state index contributed by atoms with van der Waals surface area (Å²) in [5.74, 6) is 0. The van der Waals surface area contributed by atoms with Crippen molar-refractivity contribution in [2.75, 3.05) is 51.3 Å². The fraction of sp³-hybridized carbons (Fsp3) is 0.667. The van der Waals surface area contributed by atoms with E-state index in [0.717, 1.165) is 63.2 Å². The molecule has 6 nitrogen and oxygen atoms in total. The Hall–Kier alpha value is -1.15. The van der Waals surface area contributed by atoms with Gasteiger partial charge in [0.05, 0.1) is 13.2 Å². The first-order chi connectivity index (χ1) is 12.1. The van der Waals surface area contributed by atoms with Gasteiger partial charge >= 0.3 is 0 Å². The lowest BCUT2D eigenvalue weighted by Gasteiger charge is -2.32. The molecule has 140 valence electrons. The topological polar surface area (TPSA) is 53.1 Å². The fourth-order valence-corrected chi connectivity index (χ4v) is 4.96. The van der Waals surface area contributed by atoms with Gasteiger partial charge in [0.1, 0.15) is 0 Å². The predicted molar refractivity (Wildman–Crippen MR) is 99.9 cm³/mol. The van der Waals surface area contributed by atoms with Crippen LogP contribution in [0, 0.1) is 0 Å². The van der Waals surface area contributed by atoms with Gasteiger partial charge < -0.3 is 9.64 Å². The molecule has 0 radical (unpaired) electrons. The Morgan fingerprint density at radius 1 is 1.00 bits per heavy atom. The van der Waals surface area contributed by atoms with Gasteiger partial charge in [-0.1, -0.05) is 31.0 Å². The van der Waals surface area contributed by atoms with Crippen LogP contribution in [0.2, 0.25) is 0 Å². The first-order valence-corrected chi connectivity index (χ1v) is 10.6. The van der Waals surface area contributed by atoms with Gasteiger partial charge in [-0.15, -0.1) is 0 Å². The summed E-state index contributed by atoms with van der Waals surface area (Å²) in [6.07, 6.45) is 4.15. The number of nitrogens with zero attached hydrogens (tertiary/aromatic N) is 3. The molecular formula is C18H29N3O3S. The third-order valence-corrected chi connectivity index (χ3v) is 6.96. The minimum atomic E-state index is -3.41. The van der Waals surface area contributed by atoms with E-state index >= 15 is 0 Å². The van der Waals surface area contributed by atoms with Gasteiger partial charge in [-0.3, -0.25) is 0 Å². The summed E-state index contributed by atoms with van der Waals surface area (Å²) >= 11 is 0. The summed E-state index contributed by atoms with van der Waals surface area (Å²) in [6, 6.07) is 8.09. The summed E-state index contributed by atoms with van der Waals surface area (Å²) in [5.41, 5.74) is 2.16. The molecule has 3 rings (SSSR count). The van der Waals surface area contributed by atoms with Gasteiger partial charge in [-0.05, 0) is 24.5 Å². The highest BCUT2D eigenvalue weighted by molar-refractivity contribution is 7.86. The third kappa shape index (κ3) is 4.53. The molecule has 0 aliphatic carbocycles. The third-order valence-electron chi connectivity index (χ3n) is 5.02. The van der Waals surface area contributed by atoms with Gasteiger partial charge in [0.25, 0.3) is 10.2 Å². The van der Waals surface area contributed by atoms with Crippen molar-refractivity contribution in [3.8, 4) is 0 Å². The number of anilines is 1. The zero-order valence-corrected chi connectivity index (χ0v) is 15.9. The zero-order chi connectivity index (χ0) is 17.7. The van der Waals surface area contributed by atoms with E-state index in [4.69, 9.17) is 4.74 Å². The van der Waals surface area contributed by atoms with Crippen molar-refractivity contribution in [1.29, 1.82) is 0 Å². The van der Waals surface area contributed by atoms with E-state index in [-0.39, 0.29) is 0 Å². The molecule has 0 saturated carbocycles. The molecule has 0 bridgehead atoms. The molecule has 1 aromatic rings. The lowest BCUT2D eigenvalue weighted by molar-refractivity contribution is 0.122. The molecule has 2 aliphatic rings. The van der Waals surface area contributed by atoms with E-state index in [0.29, 0.717) is 19.6 Å². The molecule has 25 heavy (non-hydrogen) atoms. The van der Waals surface area contributed by atoms with Crippen LogP contribution in [0.15, 0.2) is 24.3 Å². The Labute approximate surface area is 151 Å². The molecule has 1 aromatic carbocycles. The molecule has 0 spiro atoms. The largest absolute Gasteiger partial charge is 0.378 e. The first kappa shape index (κ1) is 18.6. The molecule has 0 amide bonds. The number of benzene rings is 1. The molecule has 2 saturated heterocycles. The minimum Gasteiger partial charge on any atom is -0.378 e. The molecule has 7 heteroatoms. The molecule has 0 unspecified atom stereocenters. The quantitative estimate of drug-likeness (QED) is 0.800. The predicted octanol–water partition coefficient (Wildman–Crippen LogP) is 2.08. The van der Waals surface area contributed by atoms with Crippen LogP contribution in [0.4, 0.5) is 5.69 Å². The Kier molecular flexibility index (Phi) is 6.33. The smallest absolute Gasteiger partial charge is 0.282 e. The summed E-state index contributed by atoms with van der Waals surface area (Å²) in [4.78, 5) is 2.28. The normalized spacial score (nSPS) is 20.6. The van der Waals surface area contributed by atoms with Crippen molar-refractivity contribution >= 4 is 15.9 Å². The molecule has 0 atom stereocenters. The van der Waals surface area contributed by atoms with Crippen molar-refractivity contribution in [1.82, 2.24) is 8.61 Å². The highest BCUT2D eigenvalue weighted by Crippen LogP contribution is 2.24. The second kappa shape index (κ2) is 8.49. The van der Waals surface area contributed by atoms with Crippen LogP contribution in [0.25, 0.3) is 0 Å². The van der Waals surface area contributed by atoms with Crippen LogP contribution in [-0.2, 0) is 21.5 Å². The Balaban J connectivity index is 1.74. The second-order valence-electron chi connectivity index (χ2n) is 6.81. The van der Waals surface area contributed by atoms with Gasteiger partial charge in [0.15, 0.2) is 0 Å². The molecule has 2 fully saturated rings. The number of rotatable bonds is 5. The van der Waals surface area contributed by atoms with E-state index in [2.05, 4.69) is 11.0 Å². The lowest BCUT2D eigenvalue weighted by Crippen LogP contribution is -2.42. The highest BCUT2D eigenvalue weighted by Gasteiger charge is 2.28. The summed E-state index contributed by atoms with van der Waals surface area (Å²) < 4.78 is 34.5. The summed E-state index contributed by atoms with van der Waals surface area (Å²) in [5, 5.41) is 0. The lowest BCUT2D eigenvalue weighted by atomic mass is 10.1. The zero-order valence-electron chi connectivity index (χ0n) is 15.1. The van der Waals surface area contributed by atoms with Crippen LogP contribution in [-0.4, -0.2) is 63.5 Å². The number of ether oxygens (including phenoxy) is 1. The number of hydrogen-bond donors (Lipinski definition) is 0. The Morgan fingerprint density at radius 3 is 2.32 bits per heavy atom. The van der Waals surface area contributed by atoms with Gasteiger partial charge in [0, 0.05) is 45.5 Å². The minimum absolute atomic E-state index is 0.395. The van der Waals surface area contributed by atoms with Crippen molar-refractivity contribution in [2.45, 2.75) is 32.2 Å². The maximum Gasteiger partial charge on any atom is 0.282 e. The van der Waals surface area contributed by atoms with Crippen LogP contribution in [0.5, 0.6) is 0 Å². The second-order valence-corrected chi connectivity index (χ2v) is 8.84. The van der Waals surface area contributed by atoms with E-state index in [9.17, 15) is 8.42 Å². The Bertz CT molecular complexity index is 651. The van der Waals surface area contributed by atoms with Gasteiger partial charge in [-0.2, -0.15) is 17.0 Å². The maximum atomic E-state index is 12.9. The van der Waals surface area contributed by atoms with Crippen molar-refractivity contribution < 1.29 is 13.2 Å². The molecule has 2 aliphatic heterocycles. The van der Waals surface area contributed by atoms with Crippen molar-refractivity contribution in [3.05, 3.63) is 29.8 Å². The number of morpholine rings is 1. The van der Waals surface area contributed by atoms with Crippen LogP contribution in [0.1, 0.15) is 31.2 Å². The average Bonchev–Trinajstić information content (AvgIpc) is 2.93. The number of hydrogen-bond acceptors (Lipinski definition) is 4. The van der Waals surface area contributed by atoms with E-state index in [1.54, 1.807) is 11.4 Å². The molecular weight excluding hydrogens is 338 g/mol. The maximum absolute atomic E-state index is 12.9. The number of para-hydroxylation sites is 1. The van der Waals surface area contributed by atoms with Crippen LogP contribution >= 0.6 is 0 Å². The molecule has 2 heterocycles. The summed E-state index contributed by atoms with van der Waals surface area (Å²) in [6.45, 7) is 4.80. The fourth-order valence-electron chi connectivity index (χ4n) is 3.55. The average molecular weight is 368 g/mol. The monoisotopic (exact) mass is 367 g/mol. The van der Waals surface area contributed by atoms with Crippen LogP contribution in [0.3, 0.4) is 0 Å². The highest BCUT2D eigenvalue weighted by atomic mass is 32.2. The van der Waals surface area contributed by atoms with Crippen molar-refractivity contribution in [3.63, 3.8) is 0 Å². The Morgan fingerprint density at radius 2 is 1.64 bits per heavy atom. The van der Waals surface area contributed by atoms with Crippen molar-refractivity contribution in [2.24, 2.45) is 0 Å². The molecule has 0 N–H and O–H groups in total. The van der Waals surface area contributed by atoms with E-state index in [1.165, 1.54) is 4.31 Å².